The molecule has 1 atom stereocenters. The van der Waals surface area contributed by atoms with Crippen molar-refractivity contribution in [3.8, 4) is 0 Å². The van der Waals surface area contributed by atoms with E-state index in [1.807, 2.05) is 0 Å². The van der Waals surface area contributed by atoms with Crippen LogP contribution >= 0.6 is 0 Å². The van der Waals surface area contributed by atoms with E-state index >= 15 is 0 Å². The number of nitrogens with zero attached hydrogens (tertiary/aromatic N) is 1. The molecular formula is C24H49NO2. The molecule has 0 aromatic carbocycles. The lowest BCUT2D eigenvalue weighted by Crippen LogP contribution is -2.41. The van der Waals surface area contributed by atoms with Gasteiger partial charge in [0.05, 0.1) is 0 Å². The molecule has 0 radical (unpaired) electrons. The van der Waals surface area contributed by atoms with E-state index in [1.54, 1.807) is 0 Å². The molecule has 3 heteroatoms. The van der Waals surface area contributed by atoms with Gasteiger partial charge < -0.3 is 14.4 Å². The van der Waals surface area contributed by atoms with Gasteiger partial charge in [0, 0.05) is 19.1 Å². The Kier molecular flexibility index (Phi) is 14.5. The van der Waals surface area contributed by atoms with Crippen LogP contribution in [0.2, 0.25) is 0 Å². The van der Waals surface area contributed by atoms with Crippen LogP contribution in [-0.4, -0.2) is 43.5 Å². The fourth-order valence-electron chi connectivity index (χ4n) is 4.61. The summed E-state index contributed by atoms with van der Waals surface area (Å²) in [6.45, 7) is 14.0. The average Bonchev–Trinajstić information content (AvgIpc) is 2.92. The van der Waals surface area contributed by atoms with E-state index < -0.39 is 5.79 Å². The first-order valence-corrected chi connectivity index (χ1v) is 12.2. The Hall–Kier alpha value is -0.120. The third-order valence-corrected chi connectivity index (χ3v) is 6.24. The smallest absolute Gasteiger partial charge is 0.168 e. The standard InChI is InChI=1S/C24H49NO2/c1-5-8-9-10-11-14-18-23(24(4,26-6-2)27-7-3)19-17-22-25-20-15-12-13-16-21-25/h23H,5-22H2,1-4H3. The van der Waals surface area contributed by atoms with Gasteiger partial charge in [-0.15, -0.1) is 0 Å². The van der Waals surface area contributed by atoms with E-state index in [1.165, 1.54) is 103 Å². The second-order valence-electron chi connectivity index (χ2n) is 8.53. The Labute approximate surface area is 170 Å². The highest BCUT2D eigenvalue weighted by Gasteiger charge is 2.35. The lowest BCUT2D eigenvalue weighted by atomic mass is 9.88. The molecule has 0 aromatic heterocycles. The number of unbranched alkanes of at least 4 members (excludes halogenated alkanes) is 5. The minimum Gasteiger partial charge on any atom is -0.350 e. The number of hydrogen-bond acceptors (Lipinski definition) is 3. The highest BCUT2D eigenvalue weighted by Crippen LogP contribution is 2.32. The zero-order valence-corrected chi connectivity index (χ0v) is 19.1. The molecule has 1 rings (SSSR count). The normalized spacial score (nSPS) is 17.8. The lowest BCUT2D eigenvalue weighted by molar-refractivity contribution is -0.254. The van der Waals surface area contributed by atoms with Crippen LogP contribution in [0.3, 0.4) is 0 Å². The molecule has 1 fully saturated rings. The molecule has 0 bridgehead atoms. The Balaban J connectivity index is 2.49. The minimum atomic E-state index is -0.411. The van der Waals surface area contributed by atoms with E-state index in [-0.39, 0.29) is 0 Å². The predicted octanol–water partition coefficient (Wildman–Crippen LogP) is 6.80. The molecule has 0 aromatic rings. The Bertz CT molecular complexity index is 320. The summed E-state index contributed by atoms with van der Waals surface area (Å²) in [6, 6.07) is 0. The first-order valence-electron chi connectivity index (χ1n) is 12.2. The summed E-state index contributed by atoms with van der Waals surface area (Å²) >= 11 is 0. The van der Waals surface area contributed by atoms with E-state index in [0.29, 0.717) is 5.92 Å². The van der Waals surface area contributed by atoms with Gasteiger partial charge in [-0.05, 0) is 72.5 Å². The summed E-state index contributed by atoms with van der Waals surface area (Å²) in [4.78, 5) is 2.69. The largest absolute Gasteiger partial charge is 0.350 e. The van der Waals surface area contributed by atoms with Crippen molar-refractivity contribution >= 4 is 0 Å². The van der Waals surface area contributed by atoms with Crippen LogP contribution in [0.25, 0.3) is 0 Å². The van der Waals surface area contributed by atoms with Crippen molar-refractivity contribution in [1.29, 1.82) is 0 Å². The Morgan fingerprint density at radius 3 is 1.89 bits per heavy atom. The monoisotopic (exact) mass is 383 g/mol. The number of rotatable bonds is 16. The van der Waals surface area contributed by atoms with Gasteiger partial charge in [-0.25, -0.2) is 0 Å². The van der Waals surface area contributed by atoms with Gasteiger partial charge >= 0.3 is 0 Å². The van der Waals surface area contributed by atoms with E-state index in [2.05, 4.69) is 32.6 Å². The zero-order chi connectivity index (χ0) is 19.8. The molecule has 1 unspecified atom stereocenters. The summed E-state index contributed by atoms with van der Waals surface area (Å²) in [5.41, 5.74) is 0. The molecule has 1 aliphatic rings. The lowest BCUT2D eigenvalue weighted by Gasteiger charge is -2.37. The first kappa shape index (κ1) is 24.9. The fourth-order valence-corrected chi connectivity index (χ4v) is 4.61. The van der Waals surface area contributed by atoms with E-state index in [4.69, 9.17) is 9.47 Å². The third kappa shape index (κ3) is 10.9. The first-order chi connectivity index (χ1) is 13.2. The SMILES string of the molecule is CCCCCCCCC(CCCN1CCCCCC1)C(C)(OCC)OCC. The molecule has 0 spiro atoms. The van der Waals surface area contributed by atoms with Crippen molar-refractivity contribution in [3.05, 3.63) is 0 Å². The van der Waals surface area contributed by atoms with E-state index in [9.17, 15) is 0 Å². The minimum absolute atomic E-state index is 0.411. The van der Waals surface area contributed by atoms with Crippen LogP contribution in [0, 0.1) is 5.92 Å². The van der Waals surface area contributed by atoms with Gasteiger partial charge in [0.15, 0.2) is 5.79 Å². The molecule has 3 nitrogen and oxygen atoms in total. The fraction of sp³-hybridized carbons (Fsp3) is 1.00. The summed E-state index contributed by atoms with van der Waals surface area (Å²) in [7, 11) is 0. The number of ether oxygens (including phenoxy) is 2. The maximum absolute atomic E-state index is 6.15. The topological polar surface area (TPSA) is 21.7 Å². The van der Waals surface area contributed by atoms with Crippen LogP contribution in [0.1, 0.15) is 111 Å². The van der Waals surface area contributed by atoms with Gasteiger partial charge in [-0.2, -0.15) is 0 Å². The van der Waals surface area contributed by atoms with Crippen LogP contribution < -0.4 is 0 Å². The van der Waals surface area contributed by atoms with Gasteiger partial charge in [0.1, 0.15) is 0 Å². The molecule has 162 valence electrons. The summed E-state index contributed by atoms with van der Waals surface area (Å²) in [5, 5.41) is 0. The molecule has 1 heterocycles. The molecule has 27 heavy (non-hydrogen) atoms. The third-order valence-electron chi connectivity index (χ3n) is 6.24. The summed E-state index contributed by atoms with van der Waals surface area (Å²) < 4.78 is 12.3. The second-order valence-corrected chi connectivity index (χ2v) is 8.53. The van der Waals surface area contributed by atoms with Gasteiger partial charge in [-0.3, -0.25) is 0 Å². The van der Waals surface area contributed by atoms with Crippen LogP contribution in [0.5, 0.6) is 0 Å². The van der Waals surface area contributed by atoms with E-state index in [0.717, 1.165) is 13.2 Å². The maximum atomic E-state index is 6.15. The number of likely N-dealkylation sites (tertiary alicyclic amines) is 1. The molecule has 0 amide bonds. The van der Waals surface area contributed by atoms with Crippen molar-refractivity contribution in [2.24, 2.45) is 5.92 Å². The zero-order valence-electron chi connectivity index (χ0n) is 19.1. The maximum Gasteiger partial charge on any atom is 0.168 e. The summed E-state index contributed by atoms with van der Waals surface area (Å²) in [5.74, 6) is 0.0988. The van der Waals surface area contributed by atoms with Gasteiger partial charge in [-0.1, -0.05) is 58.3 Å². The van der Waals surface area contributed by atoms with Crippen molar-refractivity contribution in [2.75, 3.05) is 32.8 Å². The van der Waals surface area contributed by atoms with Crippen molar-refractivity contribution < 1.29 is 9.47 Å². The molecule has 1 saturated heterocycles. The van der Waals surface area contributed by atoms with Crippen LogP contribution in [-0.2, 0) is 9.47 Å². The molecular weight excluding hydrogens is 334 g/mol. The molecule has 0 N–H and O–H groups in total. The second kappa shape index (κ2) is 15.8. The quantitative estimate of drug-likeness (QED) is 0.216. The van der Waals surface area contributed by atoms with Crippen molar-refractivity contribution in [3.63, 3.8) is 0 Å². The Morgan fingerprint density at radius 1 is 0.741 bits per heavy atom. The summed E-state index contributed by atoms with van der Waals surface area (Å²) in [6.07, 6.45) is 17.5. The predicted molar refractivity (Wildman–Crippen MR) is 117 cm³/mol. The van der Waals surface area contributed by atoms with Crippen molar-refractivity contribution in [1.82, 2.24) is 4.90 Å². The van der Waals surface area contributed by atoms with Gasteiger partial charge in [0.25, 0.3) is 0 Å². The Morgan fingerprint density at radius 2 is 1.30 bits per heavy atom. The number of hydrogen-bond donors (Lipinski definition) is 0. The average molecular weight is 384 g/mol. The molecule has 0 aliphatic carbocycles. The van der Waals surface area contributed by atoms with Crippen LogP contribution in [0.4, 0.5) is 0 Å². The highest BCUT2D eigenvalue weighted by atomic mass is 16.7. The van der Waals surface area contributed by atoms with Gasteiger partial charge in [0.2, 0.25) is 0 Å². The molecule has 1 aliphatic heterocycles. The van der Waals surface area contributed by atoms with Crippen LogP contribution in [0.15, 0.2) is 0 Å². The van der Waals surface area contributed by atoms with Crippen molar-refractivity contribution in [2.45, 2.75) is 117 Å². The molecule has 0 saturated carbocycles. The highest BCUT2D eigenvalue weighted by molar-refractivity contribution is 4.77.